The van der Waals surface area contributed by atoms with E-state index >= 15 is 0 Å². The SMILES string of the molecule is CCC(=O)Nc1ccccc1OCc1cccc(C)c1. The van der Waals surface area contributed by atoms with E-state index in [0.717, 1.165) is 5.56 Å². The Morgan fingerprint density at radius 2 is 1.95 bits per heavy atom. The summed E-state index contributed by atoms with van der Waals surface area (Å²) in [5.41, 5.74) is 3.03. The Labute approximate surface area is 119 Å². The molecule has 20 heavy (non-hydrogen) atoms. The number of hydrogen-bond acceptors (Lipinski definition) is 2. The molecule has 0 bridgehead atoms. The van der Waals surface area contributed by atoms with Gasteiger partial charge in [-0.25, -0.2) is 0 Å². The molecular formula is C17H19NO2. The van der Waals surface area contributed by atoms with Crippen LogP contribution in [-0.4, -0.2) is 5.91 Å². The van der Waals surface area contributed by atoms with Crippen LogP contribution in [0.15, 0.2) is 48.5 Å². The van der Waals surface area contributed by atoms with Crippen LogP contribution in [0, 0.1) is 6.92 Å². The molecule has 0 unspecified atom stereocenters. The van der Waals surface area contributed by atoms with Gasteiger partial charge in [0.25, 0.3) is 0 Å². The maximum atomic E-state index is 11.5. The second kappa shape index (κ2) is 6.75. The summed E-state index contributed by atoms with van der Waals surface area (Å²) in [5, 5.41) is 2.84. The molecule has 0 saturated carbocycles. The second-order valence-electron chi connectivity index (χ2n) is 4.68. The maximum Gasteiger partial charge on any atom is 0.224 e. The average Bonchev–Trinajstić information content (AvgIpc) is 2.46. The highest BCUT2D eigenvalue weighted by atomic mass is 16.5. The van der Waals surface area contributed by atoms with Crippen molar-refractivity contribution in [2.45, 2.75) is 26.9 Å². The average molecular weight is 269 g/mol. The predicted molar refractivity (Wildman–Crippen MR) is 80.9 cm³/mol. The predicted octanol–water partition coefficient (Wildman–Crippen LogP) is 3.92. The van der Waals surface area contributed by atoms with Gasteiger partial charge in [0.1, 0.15) is 12.4 Å². The summed E-state index contributed by atoms with van der Waals surface area (Å²) in [7, 11) is 0. The standard InChI is InChI=1S/C17H19NO2/c1-3-17(19)18-15-9-4-5-10-16(15)20-12-14-8-6-7-13(2)11-14/h4-11H,3,12H2,1-2H3,(H,18,19). The minimum absolute atomic E-state index is 0.0170. The molecule has 0 spiro atoms. The zero-order valence-corrected chi connectivity index (χ0v) is 11.8. The molecular weight excluding hydrogens is 250 g/mol. The molecule has 1 amide bonds. The minimum atomic E-state index is -0.0170. The first-order valence-electron chi connectivity index (χ1n) is 6.76. The minimum Gasteiger partial charge on any atom is -0.487 e. The van der Waals surface area contributed by atoms with Crippen LogP contribution in [0.1, 0.15) is 24.5 Å². The van der Waals surface area contributed by atoms with Crippen LogP contribution in [0.4, 0.5) is 5.69 Å². The van der Waals surface area contributed by atoms with E-state index in [-0.39, 0.29) is 5.91 Å². The summed E-state index contributed by atoms with van der Waals surface area (Å²) in [5.74, 6) is 0.674. The number of para-hydroxylation sites is 2. The summed E-state index contributed by atoms with van der Waals surface area (Å²) in [6.45, 7) is 4.37. The van der Waals surface area contributed by atoms with Crippen LogP contribution < -0.4 is 10.1 Å². The number of ether oxygens (including phenoxy) is 1. The topological polar surface area (TPSA) is 38.3 Å². The second-order valence-corrected chi connectivity index (χ2v) is 4.68. The highest BCUT2D eigenvalue weighted by Gasteiger charge is 2.06. The van der Waals surface area contributed by atoms with Gasteiger partial charge in [0.05, 0.1) is 5.69 Å². The molecule has 0 radical (unpaired) electrons. The molecule has 2 rings (SSSR count). The van der Waals surface area contributed by atoms with Crippen LogP contribution in [0.3, 0.4) is 0 Å². The summed E-state index contributed by atoms with van der Waals surface area (Å²) >= 11 is 0. The van der Waals surface area contributed by atoms with Gasteiger partial charge < -0.3 is 10.1 Å². The van der Waals surface area contributed by atoms with Crippen molar-refractivity contribution >= 4 is 11.6 Å². The molecule has 2 aromatic carbocycles. The lowest BCUT2D eigenvalue weighted by Gasteiger charge is -2.12. The molecule has 104 valence electrons. The highest BCUT2D eigenvalue weighted by molar-refractivity contribution is 5.91. The molecule has 0 heterocycles. The van der Waals surface area contributed by atoms with E-state index in [4.69, 9.17) is 4.74 Å². The number of aryl methyl sites for hydroxylation is 1. The lowest BCUT2D eigenvalue weighted by atomic mass is 10.1. The summed E-state index contributed by atoms with van der Waals surface area (Å²) in [6, 6.07) is 15.7. The number of amides is 1. The van der Waals surface area contributed by atoms with E-state index in [1.54, 1.807) is 0 Å². The van der Waals surface area contributed by atoms with Gasteiger partial charge in [-0.1, -0.05) is 48.9 Å². The zero-order valence-electron chi connectivity index (χ0n) is 11.8. The highest BCUT2D eigenvalue weighted by Crippen LogP contribution is 2.25. The quantitative estimate of drug-likeness (QED) is 0.893. The summed E-state index contributed by atoms with van der Waals surface area (Å²) in [6.07, 6.45) is 0.451. The Morgan fingerprint density at radius 1 is 1.15 bits per heavy atom. The van der Waals surface area contributed by atoms with Gasteiger partial charge in [-0.3, -0.25) is 4.79 Å². The van der Waals surface area contributed by atoms with Crippen molar-refractivity contribution in [3.63, 3.8) is 0 Å². The van der Waals surface area contributed by atoms with E-state index in [1.807, 2.05) is 43.3 Å². The van der Waals surface area contributed by atoms with E-state index in [9.17, 15) is 4.79 Å². The first-order valence-corrected chi connectivity index (χ1v) is 6.76. The van der Waals surface area contributed by atoms with E-state index in [1.165, 1.54) is 5.56 Å². The molecule has 0 aromatic heterocycles. The normalized spacial score (nSPS) is 10.1. The third kappa shape index (κ3) is 3.85. The van der Waals surface area contributed by atoms with Crippen molar-refractivity contribution in [3.05, 3.63) is 59.7 Å². The van der Waals surface area contributed by atoms with Crippen molar-refractivity contribution in [2.75, 3.05) is 5.32 Å². The fourth-order valence-electron chi connectivity index (χ4n) is 1.90. The third-order valence-corrected chi connectivity index (χ3v) is 2.96. The number of hydrogen-bond donors (Lipinski definition) is 1. The Bertz CT molecular complexity index is 593. The van der Waals surface area contributed by atoms with Crippen molar-refractivity contribution in [1.82, 2.24) is 0 Å². The zero-order chi connectivity index (χ0) is 14.4. The van der Waals surface area contributed by atoms with Crippen molar-refractivity contribution in [2.24, 2.45) is 0 Å². The Hall–Kier alpha value is -2.29. The molecule has 1 N–H and O–H groups in total. The Morgan fingerprint density at radius 3 is 2.70 bits per heavy atom. The van der Waals surface area contributed by atoms with Crippen LogP contribution >= 0.6 is 0 Å². The fraction of sp³-hybridized carbons (Fsp3) is 0.235. The summed E-state index contributed by atoms with van der Waals surface area (Å²) in [4.78, 5) is 11.5. The molecule has 0 aliphatic rings. The van der Waals surface area contributed by atoms with Crippen molar-refractivity contribution in [3.8, 4) is 5.75 Å². The van der Waals surface area contributed by atoms with E-state index in [0.29, 0.717) is 24.5 Å². The number of benzene rings is 2. The molecule has 0 saturated heterocycles. The summed E-state index contributed by atoms with van der Waals surface area (Å²) < 4.78 is 5.81. The van der Waals surface area contributed by atoms with Gasteiger partial charge >= 0.3 is 0 Å². The fourth-order valence-corrected chi connectivity index (χ4v) is 1.90. The Balaban J connectivity index is 2.07. The van der Waals surface area contributed by atoms with Gasteiger partial charge in [-0.05, 0) is 24.6 Å². The van der Waals surface area contributed by atoms with Crippen LogP contribution in [0.5, 0.6) is 5.75 Å². The number of anilines is 1. The van der Waals surface area contributed by atoms with Crippen LogP contribution in [0.25, 0.3) is 0 Å². The first-order chi connectivity index (χ1) is 9.69. The first kappa shape index (κ1) is 14.1. The van der Waals surface area contributed by atoms with Gasteiger partial charge in [0.2, 0.25) is 5.91 Å². The molecule has 0 atom stereocenters. The number of rotatable bonds is 5. The monoisotopic (exact) mass is 269 g/mol. The molecule has 3 heteroatoms. The van der Waals surface area contributed by atoms with Gasteiger partial charge in [-0.2, -0.15) is 0 Å². The van der Waals surface area contributed by atoms with E-state index < -0.39 is 0 Å². The molecule has 0 aliphatic heterocycles. The van der Waals surface area contributed by atoms with Crippen molar-refractivity contribution < 1.29 is 9.53 Å². The molecule has 0 aliphatic carbocycles. The van der Waals surface area contributed by atoms with Gasteiger partial charge in [0.15, 0.2) is 0 Å². The Kier molecular flexibility index (Phi) is 4.77. The number of carbonyl (C=O) groups is 1. The van der Waals surface area contributed by atoms with Gasteiger partial charge in [-0.15, -0.1) is 0 Å². The van der Waals surface area contributed by atoms with Gasteiger partial charge in [0, 0.05) is 6.42 Å². The number of carbonyl (C=O) groups excluding carboxylic acids is 1. The number of nitrogens with one attached hydrogen (secondary N) is 1. The smallest absolute Gasteiger partial charge is 0.224 e. The maximum absolute atomic E-state index is 11.5. The lowest BCUT2D eigenvalue weighted by Crippen LogP contribution is -2.10. The van der Waals surface area contributed by atoms with E-state index in [2.05, 4.69) is 24.4 Å². The van der Waals surface area contributed by atoms with Crippen molar-refractivity contribution in [1.29, 1.82) is 0 Å². The van der Waals surface area contributed by atoms with Crippen LogP contribution in [-0.2, 0) is 11.4 Å². The van der Waals surface area contributed by atoms with Crippen LogP contribution in [0.2, 0.25) is 0 Å². The lowest BCUT2D eigenvalue weighted by molar-refractivity contribution is -0.115. The largest absolute Gasteiger partial charge is 0.487 e. The third-order valence-electron chi connectivity index (χ3n) is 2.96. The molecule has 2 aromatic rings. The molecule has 0 fully saturated rings. The molecule has 3 nitrogen and oxygen atoms in total.